The van der Waals surface area contributed by atoms with Gasteiger partial charge in [0.05, 0.1) is 10.0 Å². The fraction of sp³-hybridized carbons (Fsp3) is 0.333. The Balaban J connectivity index is 0.00000192. The first-order chi connectivity index (χ1) is 10.6. The number of hydrogen-bond donors (Lipinski definition) is 1. The molecule has 1 fully saturated rings. The van der Waals surface area contributed by atoms with Crippen molar-refractivity contribution in [3.63, 3.8) is 0 Å². The second-order valence-corrected chi connectivity index (χ2v) is 6.89. The molecule has 0 bridgehead atoms. The predicted molar refractivity (Wildman–Crippen MR) is 98.2 cm³/mol. The number of halogens is 3. The van der Waals surface area contributed by atoms with Crippen LogP contribution in [-0.4, -0.2) is 41.5 Å². The number of nitrogens with zero attached hydrogens (tertiary/aromatic N) is 2. The fourth-order valence-electron chi connectivity index (χ4n) is 2.42. The maximum Gasteiger partial charge on any atom is 0.273 e. The van der Waals surface area contributed by atoms with E-state index in [0.29, 0.717) is 22.3 Å². The molecule has 1 unspecified atom stereocenters. The van der Waals surface area contributed by atoms with Crippen LogP contribution in [0.4, 0.5) is 0 Å². The van der Waals surface area contributed by atoms with E-state index in [4.69, 9.17) is 23.2 Å². The monoisotopic (exact) mass is 391 g/mol. The van der Waals surface area contributed by atoms with E-state index in [0.717, 1.165) is 23.7 Å². The maximum atomic E-state index is 12.6. The molecule has 124 valence electrons. The summed E-state index contributed by atoms with van der Waals surface area (Å²) in [5.41, 5.74) is 1.35. The molecular formula is C15H16Cl3N3OS. The van der Waals surface area contributed by atoms with Crippen LogP contribution in [0.25, 0.3) is 10.6 Å². The molecule has 2 heterocycles. The van der Waals surface area contributed by atoms with Gasteiger partial charge in [0.2, 0.25) is 0 Å². The highest BCUT2D eigenvalue weighted by Crippen LogP contribution is 2.30. The van der Waals surface area contributed by atoms with Crippen molar-refractivity contribution in [3.05, 3.63) is 39.3 Å². The number of piperazine rings is 1. The van der Waals surface area contributed by atoms with Crippen molar-refractivity contribution in [1.29, 1.82) is 0 Å². The van der Waals surface area contributed by atoms with E-state index in [1.54, 1.807) is 17.5 Å². The predicted octanol–water partition coefficient (Wildman–Crippen LogP) is 3.97. The van der Waals surface area contributed by atoms with Crippen molar-refractivity contribution in [2.75, 3.05) is 19.6 Å². The van der Waals surface area contributed by atoms with Crippen LogP contribution in [0.1, 0.15) is 17.4 Å². The summed E-state index contributed by atoms with van der Waals surface area (Å²) in [7, 11) is 0. The van der Waals surface area contributed by atoms with Crippen molar-refractivity contribution in [1.82, 2.24) is 15.2 Å². The molecule has 0 radical (unpaired) electrons. The van der Waals surface area contributed by atoms with Crippen molar-refractivity contribution >= 4 is 52.9 Å². The lowest BCUT2D eigenvalue weighted by atomic mass is 10.2. The Morgan fingerprint density at radius 1 is 1.39 bits per heavy atom. The number of nitrogens with one attached hydrogen (secondary N) is 1. The Labute approximate surface area is 155 Å². The minimum atomic E-state index is -0.0171. The molecule has 1 N–H and O–H groups in total. The molecule has 0 saturated carbocycles. The normalized spacial score (nSPS) is 17.7. The van der Waals surface area contributed by atoms with Crippen LogP contribution < -0.4 is 5.32 Å². The Morgan fingerprint density at radius 3 is 2.87 bits per heavy atom. The molecule has 0 aliphatic carbocycles. The number of thiazole rings is 1. The van der Waals surface area contributed by atoms with Crippen molar-refractivity contribution < 1.29 is 4.79 Å². The largest absolute Gasteiger partial charge is 0.332 e. The van der Waals surface area contributed by atoms with Gasteiger partial charge in [-0.3, -0.25) is 4.79 Å². The lowest BCUT2D eigenvalue weighted by Crippen LogP contribution is -2.52. The first kappa shape index (κ1) is 18.5. The summed E-state index contributed by atoms with van der Waals surface area (Å²) >= 11 is 13.4. The standard InChI is InChI=1S/C15H15Cl2N3OS.ClH/c1-9-7-18-4-5-20(9)15(21)13-8-22-14(19-13)10-2-3-11(16)12(17)6-10;/h2-3,6,8-9,18H,4-5,7H2,1H3;1H. The van der Waals surface area contributed by atoms with Crippen LogP contribution in [0.15, 0.2) is 23.6 Å². The van der Waals surface area contributed by atoms with Gasteiger partial charge in [0.1, 0.15) is 10.7 Å². The molecule has 1 aromatic heterocycles. The SMILES string of the molecule is CC1CNCCN1C(=O)c1csc(-c2ccc(Cl)c(Cl)c2)n1.Cl. The smallest absolute Gasteiger partial charge is 0.273 e. The molecule has 1 aromatic carbocycles. The first-order valence-corrected chi connectivity index (χ1v) is 8.62. The lowest BCUT2D eigenvalue weighted by Gasteiger charge is -2.33. The zero-order valence-electron chi connectivity index (χ0n) is 12.4. The minimum absolute atomic E-state index is 0. The molecule has 1 amide bonds. The molecule has 8 heteroatoms. The van der Waals surface area contributed by atoms with E-state index in [2.05, 4.69) is 10.3 Å². The summed E-state index contributed by atoms with van der Waals surface area (Å²) in [4.78, 5) is 18.9. The number of hydrogen-bond acceptors (Lipinski definition) is 4. The molecule has 0 spiro atoms. The molecule has 1 aliphatic heterocycles. The molecule has 1 saturated heterocycles. The molecular weight excluding hydrogens is 377 g/mol. The zero-order chi connectivity index (χ0) is 15.7. The average Bonchev–Trinajstić information content (AvgIpc) is 3.00. The van der Waals surface area contributed by atoms with Crippen molar-refractivity contribution in [2.45, 2.75) is 13.0 Å². The molecule has 4 nitrogen and oxygen atoms in total. The first-order valence-electron chi connectivity index (χ1n) is 6.99. The molecule has 23 heavy (non-hydrogen) atoms. The molecule has 1 atom stereocenters. The van der Waals surface area contributed by atoms with Crippen LogP contribution in [0.2, 0.25) is 10.0 Å². The van der Waals surface area contributed by atoms with Gasteiger partial charge in [0.15, 0.2) is 0 Å². The number of amides is 1. The van der Waals surface area contributed by atoms with Gasteiger partial charge >= 0.3 is 0 Å². The van der Waals surface area contributed by atoms with Gasteiger partial charge in [-0.15, -0.1) is 23.7 Å². The Kier molecular flexibility index (Phi) is 6.28. The zero-order valence-corrected chi connectivity index (χ0v) is 15.5. The van der Waals surface area contributed by atoms with Gasteiger partial charge in [-0.1, -0.05) is 29.3 Å². The second-order valence-electron chi connectivity index (χ2n) is 5.22. The topological polar surface area (TPSA) is 45.2 Å². The average molecular weight is 393 g/mol. The third-order valence-electron chi connectivity index (χ3n) is 3.65. The summed E-state index contributed by atoms with van der Waals surface area (Å²) in [6.07, 6.45) is 0. The van der Waals surface area contributed by atoms with E-state index in [1.807, 2.05) is 17.9 Å². The number of benzene rings is 1. The van der Waals surface area contributed by atoms with Gasteiger partial charge in [-0.25, -0.2) is 4.98 Å². The van der Waals surface area contributed by atoms with Crippen LogP contribution in [0.5, 0.6) is 0 Å². The summed E-state index contributed by atoms with van der Waals surface area (Å²) in [6.45, 7) is 4.38. The van der Waals surface area contributed by atoms with Gasteiger partial charge < -0.3 is 10.2 Å². The van der Waals surface area contributed by atoms with Crippen molar-refractivity contribution in [3.8, 4) is 10.6 Å². The van der Waals surface area contributed by atoms with E-state index in [1.165, 1.54) is 11.3 Å². The van der Waals surface area contributed by atoms with Crippen LogP contribution in [0, 0.1) is 0 Å². The lowest BCUT2D eigenvalue weighted by molar-refractivity contribution is 0.0650. The minimum Gasteiger partial charge on any atom is -0.332 e. The van der Waals surface area contributed by atoms with E-state index < -0.39 is 0 Å². The number of carbonyl (C=O) groups excluding carboxylic acids is 1. The molecule has 3 rings (SSSR count). The summed E-state index contributed by atoms with van der Waals surface area (Å²) in [5, 5.41) is 6.83. The Hall–Kier alpha value is -0.850. The van der Waals surface area contributed by atoms with E-state index in [-0.39, 0.29) is 24.4 Å². The van der Waals surface area contributed by atoms with E-state index in [9.17, 15) is 4.79 Å². The summed E-state index contributed by atoms with van der Waals surface area (Å²) < 4.78 is 0. The number of carbonyl (C=O) groups is 1. The highest BCUT2D eigenvalue weighted by molar-refractivity contribution is 7.13. The number of rotatable bonds is 2. The fourth-order valence-corrected chi connectivity index (χ4v) is 3.51. The van der Waals surface area contributed by atoms with E-state index >= 15 is 0 Å². The van der Waals surface area contributed by atoms with Gasteiger partial charge in [0.25, 0.3) is 5.91 Å². The third-order valence-corrected chi connectivity index (χ3v) is 5.28. The molecule has 1 aliphatic rings. The Morgan fingerprint density at radius 2 is 2.17 bits per heavy atom. The van der Waals surface area contributed by atoms with Crippen molar-refractivity contribution in [2.24, 2.45) is 0 Å². The van der Waals surface area contributed by atoms with Crippen LogP contribution in [-0.2, 0) is 0 Å². The highest BCUT2D eigenvalue weighted by atomic mass is 35.5. The number of aromatic nitrogens is 1. The molecule has 2 aromatic rings. The van der Waals surface area contributed by atoms with Gasteiger partial charge in [0, 0.05) is 36.6 Å². The quantitative estimate of drug-likeness (QED) is 0.841. The van der Waals surface area contributed by atoms with Gasteiger partial charge in [-0.2, -0.15) is 0 Å². The maximum absolute atomic E-state index is 12.6. The van der Waals surface area contributed by atoms with Crippen LogP contribution >= 0.6 is 46.9 Å². The van der Waals surface area contributed by atoms with Crippen LogP contribution in [0.3, 0.4) is 0 Å². The Bertz CT molecular complexity index is 707. The second kappa shape index (κ2) is 7.81. The van der Waals surface area contributed by atoms with Gasteiger partial charge in [-0.05, 0) is 19.1 Å². The highest BCUT2D eigenvalue weighted by Gasteiger charge is 2.25. The third kappa shape index (κ3) is 3.98. The summed E-state index contributed by atoms with van der Waals surface area (Å²) in [5.74, 6) is -0.0171. The summed E-state index contributed by atoms with van der Waals surface area (Å²) in [6, 6.07) is 5.54.